The van der Waals surface area contributed by atoms with Crippen LogP contribution in [0.25, 0.3) is 0 Å². The first-order valence-electron chi connectivity index (χ1n) is 5.95. The van der Waals surface area contributed by atoms with E-state index in [1.54, 1.807) is 0 Å². The highest BCUT2D eigenvalue weighted by Gasteiger charge is 1.99. The maximum Gasteiger partial charge on any atom is 0.332 e. The molecule has 0 radical (unpaired) electrons. The molecule has 0 fully saturated rings. The van der Waals surface area contributed by atoms with Gasteiger partial charge in [0.15, 0.2) is 0 Å². The van der Waals surface area contributed by atoms with Crippen LogP contribution in [0.1, 0.15) is 51.9 Å². The number of hydrogen-bond acceptors (Lipinski definition) is 3. The summed E-state index contributed by atoms with van der Waals surface area (Å²) in [6, 6.07) is 0. The van der Waals surface area contributed by atoms with Crippen molar-refractivity contribution in [2.45, 2.75) is 51.9 Å². The number of carbonyl (C=O) groups is 1. The molecular formula is C12H24O3. The molecule has 0 aliphatic carbocycles. The van der Waals surface area contributed by atoms with Crippen LogP contribution in [0.5, 0.6) is 0 Å². The summed E-state index contributed by atoms with van der Waals surface area (Å²) in [5, 5.41) is 0. The Labute approximate surface area is 93.1 Å². The molecule has 0 atom stereocenters. The normalized spacial score (nSPS) is 10.3. The predicted molar refractivity (Wildman–Crippen MR) is 60.8 cm³/mol. The van der Waals surface area contributed by atoms with Gasteiger partial charge in [-0.2, -0.15) is 0 Å². The van der Waals surface area contributed by atoms with E-state index >= 15 is 0 Å². The fraction of sp³-hybridized carbons (Fsp3) is 0.917. The molecule has 0 saturated heterocycles. The van der Waals surface area contributed by atoms with Crippen molar-refractivity contribution in [3.05, 3.63) is 0 Å². The Morgan fingerprint density at radius 1 is 1.00 bits per heavy atom. The molecule has 3 heteroatoms. The molecule has 0 N–H and O–H groups in total. The molecule has 0 unspecified atom stereocenters. The minimum Gasteiger partial charge on any atom is -0.464 e. The molecule has 3 nitrogen and oxygen atoms in total. The third-order valence-electron chi connectivity index (χ3n) is 2.27. The van der Waals surface area contributed by atoms with Gasteiger partial charge in [0.25, 0.3) is 0 Å². The standard InChI is InChI=1S/C12H24O3/c1-3-4-5-6-7-8-9-10-15-12(13)11-14-2/h3-11H2,1-2H3. The highest BCUT2D eigenvalue weighted by Crippen LogP contribution is 2.06. The number of carbonyl (C=O) groups excluding carboxylic acids is 1. The number of methoxy groups -OCH3 is 1. The van der Waals surface area contributed by atoms with Crippen molar-refractivity contribution in [1.82, 2.24) is 0 Å². The summed E-state index contributed by atoms with van der Waals surface area (Å²) in [4.78, 5) is 10.9. The van der Waals surface area contributed by atoms with Crippen LogP contribution in [0.3, 0.4) is 0 Å². The summed E-state index contributed by atoms with van der Waals surface area (Å²) in [7, 11) is 1.50. The summed E-state index contributed by atoms with van der Waals surface area (Å²) >= 11 is 0. The van der Waals surface area contributed by atoms with E-state index in [1.165, 1.54) is 39.2 Å². The van der Waals surface area contributed by atoms with Gasteiger partial charge in [-0.15, -0.1) is 0 Å². The minimum atomic E-state index is -0.261. The van der Waals surface area contributed by atoms with E-state index in [4.69, 9.17) is 4.74 Å². The zero-order valence-electron chi connectivity index (χ0n) is 10.1. The summed E-state index contributed by atoms with van der Waals surface area (Å²) < 4.78 is 9.60. The molecule has 0 aliphatic rings. The predicted octanol–water partition coefficient (Wildman–Crippen LogP) is 2.93. The van der Waals surface area contributed by atoms with Gasteiger partial charge in [0.1, 0.15) is 6.61 Å². The molecular weight excluding hydrogens is 192 g/mol. The molecule has 0 aromatic heterocycles. The lowest BCUT2D eigenvalue weighted by Gasteiger charge is -2.03. The van der Waals surface area contributed by atoms with Crippen molar-refractivity contribution < 1.29 is 14.3 Å². The maximum atomic E-state index is 10.9. The maximum absolute atomic E-state index is 10.9. The Morgan fingerprint density at radius 3 is 2.20 bits per heavy atom. The van der Waals surface area contributed by atoms with Crippen LogP contribution in [0.4, 0.5) is 0 Å². The van der Waals surface area contributed by atoms with Gasteiger partial charge in [-0.3, -0.25) is 0 Å². The van der Waals surface area contributed by atoms with Crippen molar-refractivity contribution in [2.24, 2.45) is 0 Å². The first-order valence-corrected chi connectivity index (χ1v) is 5.95. The zero-order chi connectivity index (χ0) is 11.4. The van der Waals surface area contributed by atoms with E-state index in [-0.39, 0.29) is 12.6 Å². The number of rotatable bonds is 10. The zero-order valence-corrected chi connectivity index (χ0v) is 10.1. The van der Waals surface area contributed by atoms with Crippen LogP contribution in [-0.2, 0) is 14.3 Å². The quantitative estimate of drug-likeness (QED) is 0.416. The summed E-state index contributed by atoms with van der Waals surface area (Å²) in [5.74, 6) is -0.261. The number of unbranched alkanes of at least 4 members (excludes halogenated alkanes) is 6. The van der Waals surface area contributed by atoms with Crippen molar-refractivity contribution in [2.75, 3.05) is 20.3 Å². The van der Waals surface area contributed by atoms with Crippen molar-refractivity contribution in [3.63, 3.8) is 0 Å². The van der Waals surface area contributed by atoms with Gasteiger partial charge >= 0.3 is 5.97 Å². The first kappa shape index (κ1) is 14.4. The molecule has 0 aromatic rings. The molecule has 0 bridgehead atoms. The van der Waals surface area contributed by atoms with Gasteiger partial charge in [0.05, 0.1) is 6.61 Å². The number of hydrogen-bond donors (Lipinski definition) is 0. The molecule has 0 aliphatic heterocycles. The molecule has 15 heavy (non-hydrogen) atoms. The fourth-order valence-electron chi connectivity index (χ4n) is 1.40. The summed E-state index contributed by atoms with van der Waals surface area (Å²) in [6.07, 6.45) is 8.64. The lowest BCUT2D eigenvalue weighted by atomic mass is 10.1. The Bertz CT molecular complexity index is 146. The number of esters is 1. The second-order valence-corrected chi connectivity index (χ2v) is 3.77. The summed E-state index contributed by atoms with van der Waals surface area (Å²) in [6.45, 7) is 2.82. The molecule has 0 spiro atoms. The SMILES string of the molecule is CCCCCCCCCOC(=O)COC. The van der Waals surface area contributed by atoms with E-state index in [9.17, 15) is 4.79 Å². The van der Waals surface area contributed by atoms with E-state index in [1.807, 2.05) is 0 Å². The van der Waals surface area contributed by atoms with Crippen molar-refractivity contribution in [3.8, 4) is 0 Å². The average Bonchev–Trinajstić information content (AvgIpc) is 2.22. The van der Waals surface area contributed by atoms with Crippen LogP contribution in [0, 0.1) is 0 Å². The Hall–Kier alpha value is -0.570. The highest BCUT2D eigenvalue weighted by molar-refractivity contribution is 5.70. The van der Waals surface area contributed by atoms with Crippen LogP contribution in [0.2, 0.25) is 0 Å². The topological polar surface area (TPSA) is 35.5 Å². The average molecular weight is 216 g/mol. The third-order valence-corrected chi connectivity index (χ3v) is 2.27. The van der Waals surface area contributed by atoms with Crippen molar-refractivity contribution in [1.29, 1.82) is 0 Å². The van der Waals surface area contributed by atoms with Crippen LogP contribution < -0.4 is 0 Å². The van der Waals surface area contributed by atoms with Gasteiger partial charge in [0, 0.05) is 7.11 Å². The largest absolute Gasteiger partial charge is 0.464 e. The molecule has 0 rings (SSSR count). The first-order chi connectivity index (χ1) is 7.31. The van der Waals surface area contributed by atoms with Crippen LogP contribution >= 0.6 is 0 Å². The Morgan fingerprint density at radius 2 is 1.60 bits per heavy atom. The van der Waals surface area contributed by atoms with E-state index in [2.05, 4.69) is 11.7 Å². The van der Waals surface area contributed by atoms with Gasteiger partial charge in [0.2, 0.25) is 0 Å². The van der Waals surface area contributed by atoms with E-state index < -0.39 is 0 Å². The molecule has 0 aromatic carbocycles. The second-order valence-electron chi connectivity index (χ2n) is 3.77. The van der Waals surface area contributed by atoms with Gasteiger partial charge in [-0.05, 0) is 6.42 Å². The van der Waals surface area contributed by atoms with Crippen molar-refractivity contribution >= 4 is 5.97 Å². The molecule has 0 saturated carbocycles. The minimum absolute atomic E-state index is 0.0660. The van der Waals surface area contributed by atoms with Gasteiger partial charge < -0.3 is 9.47 Å². The van der Waals surface area contributed by atoms with Crippen LogP contribution in [0.15, 0.2) is 0 Å². The highest BCUT2D eigenvalue weighted by atomic mass is 16.6. The smallest absolute Gasteiger partial charge is 0.332 e. The molecule has 0 heterocycles. The number of ether oxygens (including phenoxy) is 2. The lowest BCUT2D eigenvalue weighted by molar-refractivity contribution is -0.148. The Balaban J connectivity index is 3.01. The second kappa shape index (κ2) is 11.5. The van der Waals surface area contributed by atoms with Crippen LogP contribution in [-0.4, -0.2) is 26.3 Å². The Kier molecular flexibility index (Phi) is 11.1. The monoisotopic (exact) mass is 216 g/mol. The third kappa shape index (κ3) is 11.4. The lowest BCUT2D eigenvalue weighted by Crippen LogP contribution is -2.11. The molecule has 90 valence electrons. The summed E-state index contributed by atoms with van der Waals surface area (Å²) in [5.41, 5.74) is 0. The van der Waals surface area contributed by atoms with Gasteiger partial charge in [-0.1, -0.05) is 45.4 Å². The van der Waals surface area contributed by atoms with Gasteiger partial charge in [-0.25, -0.2) is 4.79 Å². The fourth-order valence-corrected chi connectivity index (χ4v) is 1.40. The molecule has 0 amide bonds. The van der Waals surface area contributed by atoms with E-state index in [0.717, 1.165) is 12.8 Å². The van der Waals surface area contributed by atoms with E-state index in [0.29, 0.717) is 6.61 Å².